The fourth-order valence-corrected chi connectivity index (χ4v) is 3.44. The second kappa shape index (κ2) is 7.59. The van der Waals surface area contributed by atoms with Crippen LogP contribution in [0.5, 0.6) is 5.75 Å². The van der Waals surface area contributed by atoms with Gasteiger partial charge in [-0.15, -0.1) is 0 Å². The van der Waals surface area contributed by atoms with Crippen molar-refractivity contribution >= 4 is 17.7 Å². The summed E-state index contributed by atoms with van der Waals surface area (Å²) in [5.41, 5.74) is 0.689. The Hall–Kier alpha value is -2.73. The normalized spacial score (nSPS) is 14.1. The van der Waals surface area contributed by atoms with E-state index in [1.165, 1.54) is 12.1 Å². The van der Waals surface area contributed by atoms with Crippen molar-refractivity contribution in [1.29, 1.82) is 0 Å². The van der Waals surface area contributed by atoms with Crippen LogP contribution in [0.4, 0.5) is 13.2 Å². The van der Waals surface area contributed by atoms with E-state index in [1.807, 2.05) is 0 Å². The molecular formula is C22H17ClF3NO2. The molecule has 0 N–H and O–H groups in total. The monoisotopic (exact) mass is 419 g/mol. The number of benzene rings is 2. The molecule has 1 aliphatic carbocycles. The van der Waals surface area contributed by atoms with Gasteiger partial charge in [0.15, 0.2) is 0 Å². The third-order valence-electron chi connectivity index (χ3n) is 4.83. The molecule has 1 fully saturated rings. The van der Waals surface area contributed by atoms with Crippen LogP contribution in [-0.2, 0) is 12.8 Å². The molecule has 0 saturated heterocycles. The van der Waals surface area contributed by atoms with E-state index in [-0.39, 0.29) is 23.8 Å². The zero-order chi connectivity index (χ0) is 20.6. The molecule has 4 rings (SSSR count). The van der Waals surface area contributed by atoms with Gasteiger partial charge < -0.3 is 9.26 Å². The van der Waals surface area contributed by atoms with Gasteiger partial charge in [0.2, 0.25) is 0 Å². The molecule has 29 heavy (non-hydrogen) atoms. The summed E-state index contributed by atoms with van der Waals surface area (Å²) in [6.45, 7) is 3.71. The van der Waals surface area contributed by atoms with Gasteiger partial charge in [-0.3, -0.25) is 0 Å². The predicted octanol–water partition coefficient (Wildman–Crippen LogP) is 7.11. The van der Waals surface area contributed by atoms with E-state index in [2.05, 4.69) is 11.7 Å². The highest BCUT2D eigenvalue weighted by atomic mass is 35.5. The summed E-state index contributed by atoms with van der Waals surface area (Å²) in [4.78, 5) is 0. The molecule has 0 aliphatic heterocycles. The van der Waals surface area contributed by atoms with Crippen molar-refractivity contribution in [1.82, 2.24) is 5.16 Å². The van der Waals surface area contributed by atoms with Crippen LogP contribution in [0.3, 0.4) is 0 Å². The highest BCUT2D eigenvalue weighted by Gasteiger charge is 2.37. The maximum absolute atomic E-state index is 13.5. The number of halogens is 4. The lowest BCUT2D eigenvalue weighted by Crippen LogP contribution is -2.08. The molecule has 0 bridgehead atoms. The van der Waals surface area contributed by atoms with Gasteiger partial charge in [0.1, 0.15) is 23.8 Å². The van der Waals surface area contributed by atoms with Gasteiger partial charge in [0.25, 0.3) is 0 Å². The summed E-state index contributed by atoms with van der Waals surface area (Å²) in [6.07, 6.45) is -1.03. The number of hydrogen-bond donors (Lipinski definition) is 0. The SMILES string of the molecule is C=Cc1ccc(OCc2c(-c3ccccc3C(F)(F)F)noc2C2CC2)cc1Cl. The molecule has 2 aromatic carbocycles. The van der Waals surface area contributed by atoms with Gasteiger partial charge in [-0.05, 0) is 42.7 Å². The smallest absolute Gasteiger partial charge is 0.417 e. The highest BCUT2D eigenvalue weighted by molar-refractivity contribution is 6.32. The van der Waals surface area contributed by atoms with E-state index in [4.69, 9.17) is 20.9 Å². The molecule has 0 spiro atoms. The van der Waals surface area contributed by atoms with Gasteiger partial charge >= 0.3 is 6.18 Å². The van der Waals surface area contributed by atoms with E-state index >= 15 is 0 Å². The molecule has 3 nitrogen and oxygen atoms in total. The van der Waals surface area contributed by atoms with Crippen LogP contribution in [0, 0.1) is 0 Å². The lowest BCUT2D eigenvalue weighted by molar-refractivity contribution is -0.137. The first-order valence-electron chi connectivity index (χ1n) is 9.08. The van der Waals surface area contributed by atoms with Crippen molar-refractivity contribution in [2.45, 2.75) is 31.5 Å². The Morgan fingerprint density at radius 1 is 1.21 bits per heavy atom. The standard InChI is InChI=1S/C22H17ClF3NO2/c1-2-13-9-10-15(11-19(13)23)28-12-17-20(27-29-21(17)14-7-8-14)16-5-3-4-6-18(16)22(24,25)26/h2-6,9-11,14H,1,7-8,12H2. The van der Waals surface area contributed by atoms with Gasteiger partial charge in [-0.1, -0.05) is 47.6 Å². The minimum atomic E-state index is -4.50. The molecule has 0 radical (unpaired) electrons. The number of ether oxygens (including phenoxy) is 1. The van der Waals surface area contributed by atoms with Crippen LogP contribution in [0.15, 0.2) is 53.6 Å². The van der Waals surface area contributed by atoms with E-state index in [9.17, 15) is 13.2 Å². The Morgan fingerprint density at radius 2 is 1.97 bits per heavy atom. The van der Waals surface area contributed by atoms with Crippen molar-refractivity contribution in [3.8, 4) is 17.0 Å². The van der Waals surface area contributed by atoms with Crippen LogP contribution in [0.1, 0.15) is 41.2 Å². The largest absolute Gasteiger partial charge is 0.489 e. The van der Waals surface area contributed by atoms with Crippen LogP contribution >= 0.6 is 11.6 Å². The fourth-order valence-electron chi connectivity index (χ4n) is 3.19. The Morgan fingerprint density at radius 3 is 2.62 bits per heavy atom. The number of aromatic nitrogens is 1. The molecule has 1 saturated carbocycles. The molecule has 3 aromatic rings. The second-order valence-corrected chi connectivity index (χ2v) is 7.27. The number of alkyl halides is 3. The summed E-state index contributed by atoms with van der Waals surface area (Å²) >= 11 is 6.17. The number of nitrogens with zero attached hydrogens (tertiary/aromatic N) is 1. The van der Waals surface area contributed by atoms with E-state index in [1.54, 1.807) is 30.3 Å². The third kappa shape index (κ3) is 4.03. The number of rotatable bonds is 6. The van der Waals surface area contributed by atoms with Crippen molar-refractivity contribution in [3.05, 3.63) is 76.5 Å². The molecule has 1 heterocycles. The van der Waals surface area contributed by atoms with Crippen LogP contribution in [0.2, 0.25) is 5.02 Å². The summed E-state index contributed by atoms with van der Waals surface area (Å²) in [7, 11) is 0. The average molecular weight is 420 g/mol. The van der Waals surface area contributed by atoms with Crippen molar-refractivity contribution < 1.29 is 22.4 Å². The molecule has 7 heteroatoms. The lowest BCUT2D eigenvalue weighted by Gasteiger charge is -2.13. The summed E-state index contributed by atoms with van der Waals surface area (Å²) in [6, 6.07) is 10.5. The van der Waals surface area contributed by atoms with Gasteiger partial charge in [-0.25, -0.2) is 0 Å². The summed E-state index contributed by atoms with van der Waals surface area (Å²) < 4.78 is 51.8. The second-order valence-electron chi connectivity index (χ2n) is 6.87. The molecular weight excluding hydrogens is 403 g/mol. The molecule has 0 amide bonds. The maximum atomic E-state index is 13.5. The van der Waals surface area contributed by atoms with Crippen molar-refractivity contribution in [2.75, 3.05) is 0 Å². The molecule has 150 valence electrons. The van der Waals surface area contributed by atoms with E-state index in [0.717, 1.165) is 24.5 Å². The van der Waals surface area contributed by atoms with Crippen LogP contribution in [0.25, 0.3) is 17.3 Å². The first-order valence-corrected chi connectivity index (χ1v) is 9.46. The zero-order valence-corrected chi connectivity index (χ0v) is 16.1. The first-order chi connectivity index (χ1) is 13.9. The predicted molar refractivity (Wildman–Crippen MR) is 105 cm³/mol. The summed E-state index contributed by atoms with van der Waals surface area (Å²) in [5.74, 6) is 1.25. The topological polar surface area (TPSA) is 35.3 Å². The average Bonchev–Trinajstić information content (AvgIpc) is 3.45. The number of hydrogen-bond acceptors (Lipinski definition) is 3. The minimum Gasteiger partial charge on any atom is -0.489 e. The zero-order valence-electron chi connectivity index (χ0n) is 15.3. The lowest BCUT2D eigenvalue weighted by atomic mass is 9.99. The van der Waals surface area contributed by atoms with E-state index in [0.29, 0.717) is 22.1 Å². The highest BCUT2D eigenvalue weighted by Crippen LogP contribution is 2.46. The summed E-state index contributed by atoms with van der Waals surface area (Å²) in [5, 5.41) is 4.46. The molecule has 0 atom stereocenters. The van der Waals surface area contributed by atoms with Crippen molar-refractivity contribution in [3.63, 3.8) is 0 Å². The first kappa shape index (κ1) is 19.6. The third-order valence-corrected chi connectivity index (χ3v) is 5.16. The van der Waals surface area contributed by atoms with E-state index < -0.39 is 11.7 Å². The molecule has 0 unspecified atom stereocenters. The van der Waals surface area contributed by atoms with Gasteiger partial charge in [0, 0.05) is 11.5 Å². The quantitative estimate of drug-likeness (QED) is 0.427. The Balaban J connectivity index is 1.70. The Labute approximate surface area is 170 Å². The maximum Gasteiger partial charge on any atom is 0.417 e. The molecule has 1 aromatic heterocycles. The Kier molecular flexibility index (Phi) is 5.13. The van der Waals surface area contributed by atoms with Crippen molar-refractivity contribution in [2.24, 2.45) is 0 Å². The van der Waals surface area contributed by atoms with Gasteiger partial charge in [0.05, 0.1) is 16.1 Å². The van der Waals surface area contributed by atoms with Gasteiger partial charge in [-0.2, -0.15) is 13.2 Å². The fraction of sp³-hybridized carbons (Fsp3) is 0.227. The minimum absolute atomic E-state index is 0.0192. The van der Waals surface area contributed by atoms with Crippen LogP contribution < -0.4 is 4.74 Å². The van der Waals surface area contributed by atoms with Crippen LogP contribution in [-0.4, -0.2) is 5.16 Å². The molecule has 1 aliphatic rings. The Bertz CT molecular complexity index is 1050.